The number of rotatable bonds is 7. The van der Waals surface area contributed by atoms with Crippen LogP contribution in [0.15, 0.2) is 24.5 Å². The van der Waals surface area contributed by atoms with Crippen molar-refractivity contribution in [1.82, 2.24) is 0 Å². The van der Waals surface area contributed by atoms with Gasteiger partial charge in [0.05, 0.1) is 6.61 Å². The van der Waals surface area contributed by atoms with Crippen molar-refractivity contribution in [3.05, 3.63) is 24.5 Å². The van der Waals surface area contributed by atoms with E-state index in [2.05, 4.69) is 13.2 Å². The minimum absolute atomic E-state index is 0.0545. The van der Waals surface area contributed by atoms with E-state index in [1.165, 1.54) is 0 Å². The molecule has 1 unspecified atom stereocenters. The summed E-state index contributed by atoms with van der Waals surface area (Å²) in [5, 5.41) is 0. The quantitative estimate of drug-likeness (QED) is 0.448. The Balaban J connectivity index is 3.71. The van der Waals surface area contributed by atoms with E-state index in [1.54, 1.807) is 14.2 Å². The maximum absolute atomic E-state index is 5.31. The highest BCUT2D eigenvalue weighted by atomic mass is 16.5. The Hall–Kier alpha value is -0.800. The first kappa shape index (κ1) is 12.2. The third kappa shape index (κ3) is 5.44. The fourth-order valence-corrected chi connectivity index (χ4v) is 0.687. The maximum Gasteiger partial charge on any atom is 0.117 e. The molecule has 0 aromatic heterocycles. The zero-order valence-corrected chi connectivity index (χ0v) is 8.63. The van der Waals surface area contributed by atoms with Crippen LogP contribution in [0.2, 0.25) is 0 Å². The molecule has 13 heavy (non-hydrogen) atoms. The maximum atomic E-state index is 5.31. The van der Waals surface area contributed by atoms with Crippen LogP contribution in [0, 0.1) is 0 Å². The second kappa shape index (κ2) is 6.69. The van der Waals surface area contributed by atoms with E-state index in [4.69, 9.17) is 14.2 Å². The molecule has 3 heteroatoms. The topological polar surface area (TPSA) is 27.7 Å². The van der Waals surface area contributed by atoms with E-state index < -0.39 is 0 Å². The van der Waals surface area contributed by atoms with Gasteiger partial charge in [-0.15, -0.1) is 0 Å². The predicted octanol–water partition coefficient (Wildman–Crippen LogP) is 1.75. The Morgan fingerprint density at radius 3 is 2.23 bits per heavy atom. The van der Waals surface area contributed by atoms with Gasteiger partial charge in [-0.2, -0.15) is 0 Å². The molecule has 0 fully saturated rings. The molecule has 0 aliphatic heterocycles. The van der Waals surface area contributed by atoms with Gasteiger partial charge in [0.15, 0.2) is 0 Å². The van der Waals surface area contributed by atoms with Crippen LogP contribution in [0.3, 0.4) is 0 Å². The third-order valence-corrected chi connectivity index (χ3v) is 1.61. The minimum atomic E-state index is -0.0545. The summed E-state index contributed by atoms with van der Waals surface area (Å²) < 4.78 is 15.3. The highest BCUT2D eigenvalue weighted by Gasteiger charge is 2.07. The summed E-state index contributed by atoms with van der Waals surface area (Å²) in [6.45, 7) is 10.2. The second-order valence-corrected chi connectivity index (χ2v) is 2.83. The van der Waals surface area contributed by atoms with Crippen molar-refractivity contribution in [3.63, 3.8) is 0 Å². The van der Waals surface area contributed by atoms with E-state index in [0.29, 0.717) is 19.0 Å². The zero-order valence-electron chi connectivity index (χ0n) is 8.63. The fraction of sp³-hybridized carbons (Fsp3) is 0.600. The summed E-state index contributed by atoms with van der Waals surface area (Å²) in [5.74, 6) is 0.596. The lowest BCUT2D eigenvalue weighted by Gasteiger charge is -2.16. The van der Waals surface area contributed by atoms with E-state index in [1.807, 2.05) is 6.92 Å². The first-order chi connectivity index (χ1) is 6.11. The summed E-state index contributed by atoms with van der Waals surface area (Å²) in [7, 11) is 3.25. The van der Waals surface area contributed by atoms with Crippen molar-refractivity contribution in [2.24, 2.45) is 0 Å². The van der Waals surface area contributed by atoms with Crippen LogP contribution in [0.5, 0.6) is 0 Å². The van der Waals surface area contributed by atoms with E-state index >= 15 is 0 Å². The highest BCUT2D eigenvalue weighted by Crippen LogP contribution is 2.06. The van der Waals surface area contributed by atoms with Gasteiger partial charge >= 0.3 is 0 Å². The van der Waals surface area contributed by atoms with Crippen molar-refractivity contribution >= 4 is 0 Å². The summed E-state index contributed by atoms with van der Waals surface area (Å²) in [6.07, 6.45) is -0.0545. The predicted molar refractivity (Wildman–Crippen MR) is 52.6 cm³/mol. The Bertz CT molecular complexity index is 175. The molecule has 0 amide bonds. The smallest absolute Gasteiger partial charge is 0.117 e. The average molecular weight is 186 g/mol. The number of allylic oxidation sites excluding steroid dienone is 1. The van der Waals surface area contributed by atoms with Crippen LogP contribution in [-0.4, -0.2) is 33.5 Å². The number of hydrogen-bond acceptors (Lipinski definition) is 3. The molecule has 0 aliphatic carbocycles. The van der Waals surface area contributed by atoms with E-state index in [0.717, 1.165) is 5.57 Å². The number of hydrogen-bond donors (Lipinski definition) is 0. The van der Waals surface area contributed by atoms with Crippen LogP contribution in [-0.2, 0) is 14.2 Å². The van der Waals surface area contributed by atoms with Crippen LogP contribution in [0.1, 0.15) is 6.92 Å². The largest absolute Gasteiger partial charge is 0.491 e. The molecule has 0 heterocycles. The van der Waals surface area contributed by atoms with Crippen molar-refractivity contribution in [3.8, 4) is 0 Å². The summed E-state index contributed by atoms with van der Waals surface area (Å²) >= 11 is 0. The first-order valence-corrected chi connectivity index (χ1v) is 4.11. The van der Waals surface area contributed by atoms with Gasteiger partial charge in [-0.3, -0.25) is 0 Å². The Morgan fingerprint density at radius 1 is 1.23 bits per heavy atom. The normalized spacial score (nSPS) is 12.2. The molecule has 0 aliphatic rings. The van der Waals surface area contributed by atoms with Gasteiger partial charge in [0.25, 0.3) is 0 Å². The zero-order chi connectivity index (χ0) is 10.3. The molecule has 0 saturated carbocycles. The van der Waals surface area contributed by atoms with Crippen molar-refractivity contribution in [2.75, 3.05) is 27.4 Å². The van der Waals surface area contributed by atoms with Crippen molar-refractivity contribution in [2.45, 2.75) is 13.0 Å². The summed E-state index contributed by atoms with van der Waals surface area (Å²) in [5.41, 5.74) is 0.826. The SMILES string of the molecule is C=C(C)C(=C)OCC(COC)OC. The van der Waals surface area contributed by atoms with Crippen LogP contribution >= 0.6 is 0 Å². The molecular formula is C10H18O3. The molecule has 76 valence electrons. The molecule has 0 N–H and O–H groups in total. The number of ether oxygens (including phenoxy) is 3. The van der Waals surface area contributed by atoms with Gasteiger partial charge < -0.3 is 14.2 Å². The Labute approximate surface area is 80.0 Å². The fourth-order valence-electron chi connectivity index (χ4n) is 0.687. The minimum Gasteiger partial charge on any atom is -0.491 e. The van der Waals surface area contributed by atoms with E-state index in [-0.39, 0.29) is 6.10 Å². The number of methoxy groups -OCH3 is 2. The van der Waals surface area contributed by atoms with Crippen molar-refractivity contribution < 1.29 is 14.2 Å². The summed E-state index contributed by atoms with van der Waals surface area (Å²) in [6, 6.07) is 0. The first-order valence-electron chi connectivity index (χ1n) is 4.11. The Kier molecular flexibility index (Phi) is 6.28. The van der Waals surface area contributed by atoms with Gasteiger partial charge in [0.2, 0.25) is 0 Å². The van der Waals surface area contributed by atoms with Crippen LogP contribution in [0.25, 0.3) is 0 Å². The molecule has 0 aromatic rings. The van der Waals surface area contributed by atoms with Crippen LogP contribution in [0.4, 0.5) is 0 Å². The molecule has 0 spiro atoms. The lowest BCUT2D eigenvalue weighted by molar-refractivity contribution is -0.0131. The molecular weight excluding hydrogens is 168 g/mol. The van der Waals surface area contributed by atoms with Crippen molar-refractivity contribution in [1.29, 1.82) is 0 Å². The molecule has 0 rings (SSSR count). The standard InChI is InChI=1S/C10H18O3/c1-8(2)9(3)13-7-10(12-5)6-11-4/h10H,1,3,6-7H2,2,4-5H3. The highest BCUT2D eigenvalue weighted by molar-refractivity contribution is 5.15. The average Bonchev–Trinajstić information content (AvgIpc) is 2.11. The molecule has 3 nitrogen and oxygen atoms in total. The lowest BCUT2D eigenvalue weighted by Crippen LogP contribution is -2.23. The molecule has 0 saturated heterocycles. The molecule has 0 aromatic carbocycles. The van der Waals surface area contributed by atoms with Gasteiger partial charge in [-0.05, 0) is 12.5 Å². The lowest BCUT2D eigenvalue weighted by atomic mass is 10.3. The molecule has 1 atom stereocenters. The molecule has 0 bridgehead atoms. The monoisotopic (exact) mass is 186 g/mol. The van der Waals surface area contributed by atoms with Gasteiger partial charge in [0, 0.05) is 14.2 Å². The van der Waals surface area contributed by atoms with Gasteiger partial charge in [0.1, 0.15) is 18.5 Å². The van der Waals surface area contributed by atoms with Gasteiger partial charge in [-0.1, -0.05) is 13.2 Å². The summed E-state index contributed by atoms with van der Waals surface area (Å²) in [4.78, 5) is 0. The van der Waals surface area contributed by atoms with Crippen LogP contribution < -0.4 is 0 Å². The third-order valence-electron chi connectivity index (χ3n) is 1.61. The van der Waals surface area contributed by atoms with Gasteiger partial charge in [-0.25, -0.2) is 0 Å². The van der Waals surface area contributed by atoms with E-state index in [9.17, 15) is 0 Å². The molecule has 0 radical (unpaired) electrons. The Morgan fingerprint density at radius 2 is 1.85 bits per heavy atom. The second-order valence-electron chi connectivity index (χ2n) is 2.83.